The Morgan fingerprint density at radius 3 is 2.35 bits per heavy atom. The quantitative estimate of drug-likeness (QED) is 0.803. The second-order valence-electron chi connectivity index (χ2n) is 4.27. The van der Waals surface area contributed by atoms with E-state index in [9.17, 15) is 8.42 Å². The summed E-state index contributed by atoms with van der Waals surface area (Å²) in [6.07, 6.45) is 1.64. The van der Waals surface area contributed by atoms with Crippen LogP contribution in [0.3, 0.4) is 0 Å². The monoisotopic (exact) mass is 289 g/mol. The van der Waals surface area contributed by atoms with E-state index in [1.807, 2.05) is 24.3 Å². The third-order valence-electron chi connectivity index (χ3n) is 2.85. The summed E-state index contributed by atoms with van der Waals surface area (Å²) in [5, 5.41) is 5.81. The maximum absolute atomic E-state index is 10.8. The molecule has 0 aliphatic rings. The maximum atomic E-state index is 10.8. The van der Waals surface area contributed by atoms with Gasteiger partial charge < -0.3 is 8.60 Å². The number of hydrogen-bond donors (Lipinski definition) is 1. The van der Waals surface area contributed by atoms with E-state index in [1.54, 1.807) is 30.5 Å². The van der Waals surface area contributed by atoms with Crippen molar-refractivity contribution in [1.29, 1.82) is 0 Å². The van der Waals surface area contributed by atoms with Crippen LogP contribution in [-0.4, -0.2) is 8.42 Å². The van der Waals surface area contributed by atoms with Gasteiger partial charge in [-0.05, 0) is 41.5 Å². The van der Waals surface area contributed by atoms with Gasteiger partial charge >= 0.3 is 10.3 Å². The molecule has 0 radical (unpaired) electrons. The summed E-state index contributed by atoms with van der Waals surface area (Å²) in [5.74, 6) is 0.181. The van der Waals surface area contributed by atoms with Crippen molar-refractivity contribution in [1.82, 2.24) is 0 Å². The first-order valence-corrected chi connectivity index (χ1v) is 7.28. The van der Waals surface area contributed by atoms with E-state index >= 15 is 0 Å². The molecule has 0 saturated heterocycles. The Balaban J connectivity index is 1.94. The molecular weight excluding hydrogens is 278 g/mol. The van der Waals surface area contributed by atoms with E-state index in [2.05, 4.69) is 4.18 Å². The minimum absolute atomic E-state index is 0.181. The van der Waals surface area contributed by atoms with Crippen molar-refractivity contribution < 1.29 is 17.0 Å². The predicted octanol–water partition coefficient (Wildman–Crippen LogP) is 2.68. The highest BCUT2D eigenvalue weighted by Gasteiger charge is 2.06. The van der Waals surface area contributed by atoms with E-state index < -0.39 is 10.3 Å². The number of furan rings is 1. The minimum atomic E-state index is -3.99. The van der Waals surface area contributed by atoms with Crippen LogP contribution < -0.4 is 9.32 Å². The molecule has 102 valence electrons. The van der Waals surface area contributed by atoms with Crippen LogP contribution in [0.4, 0.5) is 0 Å². The van der Waals surface area contributed by atoms with Crippen molar-refractivity contribution >= 4 is 21.3 Å². The summed E-state index contributed by atoms with van der Waals surface area (Å²) in [6, 6.07) is 14.3. The van der Waals surface area contributed by atoms with Gasteiger partial charge in [0.05, 0.1) is 6.26 Å². The Labute approximate surface area is 115 Å². The Bertz CT molecular complexity index is 850. The average molecular weight is 289 g/mol. The van der Waals surface area contributed by atoms with Crippen LogP contribution in [0.15, 0.2) is 59.2 Å². The zero-order chi connectivity index (χ0) is 14.2. The normalized spacial score (nSPS) is 11.7. The summed E-state index contributed by atoms with van der Waals surface area (Å²) in [5.41, 5.74) is 2.76. The molecule has 0 spiro atoms. The third kappa shape index (κ3) is 2.66. The van der Waals surface area contributed by atoms with E-state index in [4.69, 9.17) is 9.56 Å². The number of rotatable bonds is 3. The summed E-state index contributed by atoms with van der Waals surface area (Å²) in [6.45, 7) is 0. The fraction of sp³-hybridized carbons (Fsp3) is 0. The standard InChI is InChI=1S/C14H11NO4S/c15-20(16,17)19-13-4-1-10(2-5-13)11-3-6-14-12(9-11)7-8-18-14/h1-9H,(H2,15,16,17). The van der Waals surface area contributed by atoms with Crippen LogP contribution in [-0.2, 0) is 10.3 Å². The molecule has 0 atom stereocenters. The van der Waals surface area contributed by atoms with Gasteiger partial charge in [-0.2, -0.15) is 13.6 Å². The van der Waals surface area contributed by atoms with Crippen molar-refractivity contribution in [3.05, 3.63) is 54.8 Å². The molecule has 1 heterocycles. The zero-order valence-corrected chi connectivity index (χ0v) is 11.1. The molecule has 0 unspecified atom stereocenters. The average Bonchev–Trinajstić information content (AvgIpc) is 2.85. The van der Waals surface area contributed by atoms with Gasteiger partial charge in [-0.3, -0.25) is 0 Å². The Kier molecular flexibility index (Phi) is 2.96. The molecule has 3 rings (SSSR count). The maximum Gasteiger partial charge on any atom is 0.380 e. The first-order chi connectivity index (χ1) is 9.51. The number of nitrogens with two attached hydrogens (primary N) is 1. The number of benzene rings is 2. The number of fused-ring (bicyclic) bond motifs is 1. The molecule has 20 heavy (non-hydrogen) atoms. The molecule has 3 aromatic rings. The molecule has 5 nitrogen and oxygen atoms in total. The molecular formula is C14H11NO4S. The first kappa shape index (κ1) is 12.7. The molecule has 1 aromatic heterocycles. The van der Waals surface area contributed by atoms with Crippen molar-refractivity contribution in [3.63, 3.8) is 0 Å². The smallest absolute Gasteiger partial charge is 0.380 e. The van der Waals surface area contributed by atoms with Gasteiger partial charge in [-0.15, -0.1) is 0 Å². The van der Waals surface area contributed by atoms with E-state index in [-0.39, 0.29) is 5.75 Å². The summed E-state index contributed by atoms with van der Waals surface area (Å²) >= 11 is 0. The van der Waals surface area contributed by atoms with Gasteiger partial charge in [0.15, 0.2) is 0 Å². The van der Waals surface area contributed by atoms with Crippen molar-refractivity contribution in [3.8, 4) is 16.9 Å². The van der Waals surface area contributed by atoms with Crippen LogP contribution >= 0.6 is 0 Å². The van der Waals surface area contributed by atoms with Crippen LogP contribution in [0.1, 0.15) is 0 Å². The van der Waals surface area contributed by atoms with Crippen LogP contribution in [0.2, 0.25) is 0 Å². The second kappa shape index (κ2) is 4.66. The van der Waals surface area contributed by atoms with Crippen molar-refractivity contribution in [2.24, 2.45) is 5.14 Å². The second-order valence-corrected chi connectivity index (χ2v) is 5.43. The minimum Gasteiger partial charge on any atom is -0.464 e. The van der Waals surface area contributed by atoms with Gasteiger partial charge in [0.2, 0.25) is 0 Å². The predicted molar refractivity (Wildman–Crippen MR) is 75.4 cm³/mol. The molecule has 0 saturated carbocycles. The van der Waals surface area contributed by atoms with Gasteiger partial charge in [0.25, 0.3) is 0 Å². The summed E-state index contributed by atoms with van der Waals surface area (Å²) < 4.78 is 31.5. The largest absolute Gasteiger partial charge is 0.464 e. The lowest BCUT2D eigenvalue weighted by Gasteiger charge is -2.05. The molecule has 0 aliphatic carbocycles. The van der Waals surface area contributed by atoms with Crippen molar-refractivity contribution in [2.75, 3.05) is 0 Å². The SMILES string of the molecule is NS(=O)(=O)Oc1ccc(-c2ccc3occc3c2)cc1. The van der Waals surface area contributed by atoms with E-state index in [0.717, 1.165) is 22.1 Å². The summed E-state index contributed by atoms with van der Waals surface area (Å²) in [7, 11) is -3.99. The van der Waals surface area contributed by atoms with Gasteiger partial charge in [-0.25, -0.2) is 0 Å². The first-order valence-electron chi connectivity index (χ1n) is 5.81. The fourth-order valence-electron chi connectivity index (χ4n) is 1.98. The topological polar surface area (TPSA) is 82.5 Å². The fourth-order valence-corrected chi connectivity index (χ4v) is 2.36. The molecule has 6 heteroatoms. The summed E-state index contributed by atoms with van der Waals surface area (Å²) in [4.78, 5) is 0. The van der Waals surface area contributed by atoms with Crippen LogP contribution in [0.25, 0.3) is 22.1 Å². The lowest BCUT2D eigenvalue weighted by atomic mass is 10.0. The highest BCUT2D eigenvalue weighted by atomic mass is 32.2. The number of hydrogen-bond acceptors (Lipinski definition) is 4. The van der Waals surface area contributed by atoms with Gasteiger partial charge in [0.1, 0.15) is 11.3 Å². The van der Waals surface area contributed by atoms with Crippen molar-refractivity contribution in [2.45, 2.75) is 0 Å². The molecule has 0 fully saturated rings. The Morgan fingerprint density at radius 2 is 1.65 bits per heavy atom. The molecule has 2 aromatic carbocycles. The zero-order valence-electron chi connectivity index (χ0n) is 10.3. The highest BCUT2D eigenvalue weighted by molar-refractivity contribution is 7.84. The van der Waals surface area contributed by atoms with Crippen LogP contribution in [0.5, 0.6) is 5.75 Å². The lowest BCUT2D eigenvalue weighted by Crippen LogP contribution is -2.18. The highest BCUT2D eigenvalue weighted by Crippen LogP contribution is 2.26. The Hall–Kier alpha value is -2.31. The lowest BCUT2D eigenvalue weighted by molar-refractivity contribution is 0.488. The van der Waals surface area contributed by atoms with E-state index in [1.165, 1.54) is 0 Å². The van der Waals surface area contributed by atoms with Gasteiger partial charge in [0, 0.05) is 5.39 Å². The van der Waals surface area contributed by atoms with Gasteiger partial charge in [-0.1, -0.05) is 18.2 Å². The molecule has 0 aliphatic heterocycles. The Morgan fingerprint density at radius 1 is 0.950 bits per heavy atom. The third-order valence-corrected chi connectivity index (χ3v) is 3.28. The van der Waals surface area contributed by atoms with E-state index in [0.29, 0.717) is 0 Å². The molecule has 2 N–H and O–H groups in total. The molecule has 0 amide bonds. The molecule has 0 bridgehead atoms. The van der Waals surface area contributed by atoms with Crippen LogP contribution in [0, 0.1) is 0 Å².